The largest absolute Gasteiger partial charge is 0.394 e. The fraction of sp³-hybridized carbons (Fsp3) is 0.353. The van der Waals surface area contributed by atoms with Crippen molar-refractivity contribution in [2.75, 3.05) is 11.9 Å². The first-order chi connectivity index (χ1) is 13.1. The van der Waals surface area contributed by atoms with Gasteiger partial charge in [-0.2, -0.15) is 0 Å². The summed E-state index contributed by atoms with van der Waals surface area (Å²) in [6.45, 7) is 0.0491. The molecule has 1 aliphatic heterocycles. The molecule has 3 aromatic rings. The molecule has 1 saturated heterocycles. The normalized spacial score (nSPS) is 25.2. The van der Waals surface area contributed by atoms with Crippen molar-refractivity contribution < 1.29 is 20.1 Å². The fourth-order valence-electron chi connectivity index (χ4n) is 3.10. The van der Waals surface area contributed by atoms with E-state index in [2.05, 4.69) is 20.3 Å². The summed E-state index contributed by atoms with van der Waals surface area (Å²) in [5, 5.41) is 33.3. The molecule has 0 amide bonds. The fourth-order valence-corrected chi connectivity index (χ4v) is 3.30. The van der Waals surface area contributed by atoms with Crippen LogP contribution in [-0.2, 0) is 11.3 Å². The average molecular weight is 392 g/mol. The molecule has 1 aliphatic rings. The number of aromatic nitrogens is 4. The zero-order valence-corrected chi connectivity index (χ0v) is 14.9. The lowest BCUT2D eigenvalue weighted by molar-refractivity contribution is -0.0511. The smallest absolute Gasteiger partial charge is 0.167 e. The number of ether oxygens (including phenoxy) is 1. The van der Waals surface area contributed by atoms with Gasteiger partial charge in [0, 0.05) is 11.6 Å². The maximum absolute atomic E-state index is 10.2. The molecular weight excluding hydrogens is 374 g/mol. The summed E-state index contributed by atoms with van der Waals surface area (Å²) < 4.78 is 7.06. The summed E-state index contributed by atoms with van der Waals surface area (Å²) >= 11 is 6.18. The molecule has 2 aromatic heterocycles. The Hall–Kier alpha value is -2.30. The molecule has 1 fully saturated rings. The highest BCUT2D eigenvalue weighted by atomic mass is 35.5. The topological polar surface area (TPSA) is 126 Å². The quantitative estimate of drug-likeness (QED) is 0.501. The first-order valence-corrected chi connectivity index (χ1v) is 8.75. The van der Waals surface area contributed by atoms with Gasteiger partial charge in [0.15, 0.2) is 23.2 Å². The van der Waals surface area contributed by atoms with Crippen molar-refractivity contribution in [1.82, 2.24) is 19.5 Å². The number of hydrogen-bond donors (Lipinski definition) is 4. The summed E-state index contributed by atoms with van der Waals surface area (Å²) in [7, 11) is 0. The van der Waals surface area contributed by atoms with Crippen LogP contribution in [0.25, 0.3) is 11.2 Å². The lowest BCUT2D eigenvalue weighted by Crippen LogP contribution is -2.33. The van der Waals surface area contributed by atoms with Crippen LogP contribution in [0.2, 0.25) is 5.02 Å². The van der Waals surface area contributed by atoms with E-state index in [4.69, 9.17) is 16.3 Å². The number of aliphatic hydroxyl groups is 3. The van der Waals surface area contributed by atoms with Crippen molar-refractivity contribution >= 4 is 28.6 Å². The number of fused-ring (bicyclic) bond motifs is 1. The highest BCUT2D eigenvalue weighted by Crippen LogP contribution is 2.32. The molecule has 4 N–H and O–H groups in total. The van der Waals surface area contributed by atoms with Crippen LogP contribution < -0.4 is 5.32 Å². The second kappa shape index (κ2) is 7.37. The van der Waals surface area contributed by atoms with Crippen LogP contribution in [0, 0.1) is 0 Å². The third kappa shape index (κ3) is 3.24. The van der Waals surface area contributed by atoms with E-state index < -0.39 is 31.1 Å². The Labute approximate surface area is 159 Å². The molecule has 9 nitrogen and oxygen atoms in total. The molecule has 4 unspecified atom stereocenters. The minimum Gasteiger partial charge on any atom is -0.394 e. The number of nitrogens with zero attached hydrogens (tertiary/aromatic N) is 4. The third-order valence-electron chi connectivity index (χ3n) is 4.55. The SMILES string of the molecule is OCC1OC(n2cnc3c(NCc4ccccc4Cl)ncnc32)C(O)C1O. The highest BCUT2D eigenvalue weighted by molar-refractivity contribution is 6.31. The molecule has 0 aliphatic carbocycles. The lowest BCUT2D eigenvalue weighted by atomic mass is 10.1. The van der Waals surface area contributed by atoms with Crippen LogP contribution in [-0.4, -0.2) is 59.8 Å². The van der Waals surface area contributed by atoms with Gasteiger partial charge in [-0.1, -0.05) is 29.8 Å². The Morgan fingerprint density at radius 2 is 1.96 bits per heavy atom. The Balaban J connectivity index is 1.61. The number of imidazole rings is 1. The van der Waals surface area contributed by atoms with Crippen LogP contribution in [0.1, 0.15) is 11.8 Å². The van der Waals surface area contributed by atoms with Gasteiger partial charge in [0.2, 0.25) is 0 Å². The molecule has 0 bridgehead atoms. The monoisotopic (exact) mass is 391 g/mol. The van der Waals surface area contributed by atoms with Gasteiger partial charge in [-0.25, -0.2) is 15.0 Å². The summed E-state index contributed by atoms with van der Waals surface area (Å²) in [5.41, 5.74) is 1.83. The van der Waals surface area contributed by atoms with Gasteiger partial charge in [0.1, 0.15) is 24.6 Å². The Bertz CT molecular complexity index is 952. The van der Waals surface area contributed by atoms with Crippen LogP contribution in [0.4, 0.5) is 5.82 Å². The number of aliphatic hydroxyl groups excluding tert-OH is 3. The van der Waals surface area contributed by atoms with E-state index in [9.17, 15) is 15.3 Å². The van der Waals surface area contributed by atoms with Crippen LogP contribution in [0.15, 0.2) is 36.9 Å². The van der Waals surface area contributed by atoms with Crippen molar-refractivity contribution in [3.05, 3.63) is 47.5 Å². The zero-order chi connectivity index (χ0) is 19.0. The molecule has 10 heteroatoms. The molecule has 27 heavy (non-hydrogen) atoms. The minimum atomic E-state index is -1.21. The predicted octanol–water partition coefficient (Wildman–Crippen LogP) is 0.703. The van der Waals surface area contributed by atoms with Gasteiger partial charge in [0.05, 0.1) is 12.9 Å². The number of rotatable bonds is 5. The Morgan fingerprint density at radius 1 is 1.15 bits per heavy atom. The van der Waals surface area contributed by atoms with E-state index in [1.54, 1.807) is 0 Å². The third-order valence-corrected chi connectivity index (χ3v) is 4.92. The van der Waals surface area contributed by atoms with E-state index in [0.29, 0.717) is 28.5 Å². The van der Waals surface area contributed by atoms with Gasteiger partial charge in [0.25, 0.3) is 0 Å². The second-order valence-electron chi connectivity index (χ2n) is 6.22. The van der Waals surface area contributed by atoms with Crippen LogP contribution in [0.5, 0.6) is 0 Å². The van der Waals surface area contributed by atoms with Crippen molar-refractivity contribution in [3.63, 3.8) is 0 Å². The number of nitrogens with one attached hydrogen (secondary N) is 1. The predicted molar refractivity (Wildman–Crippen MR) is 97.1 cm³/mol. The zero-order valence-electron chi connectivity index (χ0n) is 14.1. The van der Waals surface area contributed by atoms with E-state index in [0.717, 1.165) is 5.56 Å². The van der Waals surface area contributed by atoms with Gasteiger partial charge >= 0.3 is 0 Å². The van der Waals surface area contributed by atoms with Crippen LogP contribution >= 0.6 is 11.6 Å². The standard InChI is InChI=1S/C17H18ClN5O4/c18-10-4-2-1-3-9(10)5-19-15-12-16(21-7-20-15)23(8-22-12)17-14(26)13(25)11(6-24)27-17/h1-4,7-8,11,13-14,17,24-26H,5-6H2,(H,19,20,21). The molecule has 142 valence electrons. The van der Waals surface area contributed by atoms with Gasteiger partial charge in [-0.05, 0) is 11.6 Å². The van der Waals surface area contributed by atoms with Crippen molar-refractivity contribution in [3.8, 4) is 0 Å². The van der Waals surface area contributed by atoms with Gasteiger partial charge < -0.3 is 25.4 Å². The van der Waals surface area contributed by atoms with Crippen molar-refractivity contribution in [2.24, 2.45) is 0 Å². The first-order valence-electron chi connectivity index (χ1n) is 8.37. The Kier molecular flexibility index (Phi) is 4.94. The molecule has 4 atom stereocenters. The number of halogens is 1. The molecule has 1 aromatic carbocycles. The maximum atomic E-state index is 10.2. The van der Waals surface area contributed by atoms with Gasteiger partial charge in [-0.15, -0.1) is 0 Å². The molecule has 0 saturated carbocycles. The number of benzene rings is 1. The molecular formula is C17H18ClN5O4. The van der Waals surface area contributed by atoms with E-state index in [-0.39, 0.29) is 0 Å². The van der Waals surface area contributed by atoms with E-state index in [1.165, 1.54) is 17.2 Å². The van der Waals surface area contributed by atoms with E-state index in [1.807, 2.05) is 24.3 Å². The summed E-state index contributed by atoms with van der Waals surface area (Å²) in [6.07, 6.45) is -1.36. The molecule has 3 heterocycles. The Morgan fingerprint density at radius 3 is 2.70 bits per heavy atom. The molecule has 4 rings (SSSR count). The average Bonchev–Trinajstić information content (AvgIpc) is 3.23. The summed E-state index contributed by atoms with van der Waals surface area (Å²) in [6, 6.07) is 7.47. The van der Waals surface area contributed by atoms with E-state index >= 15 is 0 Å². The number of anilines is 1. The van der Waals surface area contributed by atoms with Gasteiger partial charge in [-0.3, -0.25) is 4.57 Å². The maximum Gasteiger partial charge on any atom is 0.167 e. The molecule has 0 spiro atoms. The summed E-state index contributed by atoms with van der Waals surface area (Å²) in [4.78, 5) is 12.8. The highest BCUT2D eigenvalue weighted by Gasteiger charge is 2.44. The number of hydrogen-bond acceptors (Lipinski definition) is 8. The molecule has 0 radical (unpaired) electrons. The van der Waals surface area contributed by atoms with Crippen LogP contribution in [0.3, 0.4) is 0 Å². The van der Waals surface area contributed by atoms with Crippen molar-refractivity contribution in [1.29, 1.82) is 0 Å². The summed E-state index contributed by atoms with van der Waals surface area (Å²) in [5.74, 6) is 0.505. The second-order valence-corrected chi connectivity index (χ2v) is 6.63. The lowest BCUT2D eigenvalue weighted by Gasteiger charge is -2.16. The minimum absolute atomic E-state index is 0.402. The van der Waals surface area contributed by atoms with Crippen molar-refractivity contribution in [2.45, 2.75) is 31.1 Å². The first kappa shape index (κ1) is 18.1.